The van der Waals surface area contributed by atoms with Crippen molar-refractivity contribution in [3.63, 3.8) is 0 Å². The Balaban J connectivity index is 0.00000625. The minimum absolute atomic E-state index is 0. The Morgan fingerprint density at radius 2 is 2.00 bits per heavy atom. The highest BCUT2D eigenvalue weighted by Crippen LogP contribution is 2.25. The van der Waals surface area contributed by atoms with Gasteiger partial charge in [0.25, 0.3) is 0 Å². The van der Waals surface area contributed by atoms with Gasteiger partial charge < -0.3 is 10.6 Å². The topological polar surface area (TPSA) is 73.8 Å². The van der Waals surface area contributed by atoms with Crippen LogP contribution in [0.25, 0.3) is 0 Å². The number of nitrogens with zero attached hydrogens (tertiary/aromatic N) is 2. The van der Waals surface area contributed by atoms with E-state index < -0.39 is 10.0 Å². The molecule has 0 aromatic heterocycles. The number of aliphatic imine (C=N–C) groups is 1. The molecule has 1 aromatic rings. The van der Waals surface area contributed by atoms with Crippen molar-refractivity contribution in [2.45, 2.75) is 26.3 Å². The molecule has 150 valence electrons. The fourth-order valence-corrected chi connectivity index (χ4v) is 3.62. The van der Waals surface area contributed by atoms with Gasteiger partial charge in [0.05, 0.1) is 11.8 Å². The van der Waals surface area contributed by atoms with Gasteiger partial charge in [0.15, 0.2) is 5.96 Å². The maximum absolute atomic E-state index is 11.7. The molecule has 26 heavy (non-hydrogen) atoms. The van der Waals surface area contributed by atoms with Crippen LogP contribution in [-0.2, 0) is 10.0 Å². The standard InChI is InChI=1S/C16H26Cl2N4O2S.HI/c1-5-25(23,24)22(4)10-6-9-20-16(19-3)21-12(2)14-8-7-13(17)11-15(14)18;/h7-8,11-12H,5-6,9-10H2,1-4H3,(H2,19,20,21);1H. The molecular weight excluding hydrogens is 510 g/mol. The molecule has 0 saturated carbocycles. The van der Waals surface area contributed by atoms with E-state index in [1.165, 1.54) is 4.31 Å². The van der Waals surface area contributed by atoms with Crippen LogP contribution in [0.1, 0.15) is 31.9 Å². The van der Waals surface area contributed by atoms with E-state index in [9.17, 15) is 8.42 Å². The highest BCUT2D eigenvalue weighted by molar-refractivity contribution is 14.0. The third-order valence-corrected chi connectivity index (χ3v) is 6.21. The summed E-state index contributed by atoms with van der Waals surface area (Å²) >= 11 is 12.1. The summed E-state index contributed by atoms with van der Waals surface area (Å²) in [6, 6.07) is 5.32. The molecule has 1 rings (SSSR count). The van der Waals surface area contributed by atoms with E-state index in [0.717, 1.165) is 5.56 Å². The number of sulfonamides is 1. The zero-order valence-corrected chi connectivity index (χ0v) is 20.1. The third kappa shape index (κ3) is 8.16. The third-order valence-electron chi connectivity index (χ3n) is 3.79. The van der Waals surface area contributed by atoms with Gasteiger partial charge in [0.1, 0.15) is 0 Å². The number of guanidine groups is 1. The molecule has 6 nitrogen and oxygen atoms in total. The zero-order chi connectivity index (χ0) is 19.0. The number of halogens is 3. The Kier molecular flexibility index (Phi) is 12.1. The van der Waals surface area contributed by atoms with Crippen LogP contribution in [0.15, 0.2) is 23.2 Å². The van der Waals surface area contributed by atoms with Crippen LogP contribution in [0.4, 0.5) is 0 Å². The van der Waals surface area contributed by atoms with E-state index in [1.54, 1.807) is 33.2 Å². The van der Waals surface area contributed by atoms with Crippen LogP contribution in [0.5, 0.6) is 0 Å². The summed E-state index contributed by atoms with van der Waals surface area (Å²) in [6.07, 6.45) is 0.673. The van der Waals surface area contributed by atoms with Gasteiger partial charge in [-0.15, -0.1) is 24.0 Å². The van der Waals surface area contributed by atoms with E-state index >= 15 is 0 Å². The lowest BCUT2D eigenvalue weighted by molar-refractivity contribution is 0.461. The Morgan fingerprint density at radius 1 is 1.35 bits per heavy atom. The maximum Gasteiger partial charge on any atom is 0.213 e. The van der Waals surface area contributed by atoms with Crippen LogP contribution in [0.3, 0.4) is 0 Å². The lowest BCUT2D eigenvalue weighted by atomic mass is 10.1. The Bertz CT molecular complexity index is 701. The number of nitrogens with one attached hydrogen (secondary N) is 2. The number of rotatable bonds is 8. The molecule has 0 aliphatic heterocycles. The summed E-state index contributed by atoms with van der Waals surface area (Å²) in [4.78, 5) is 4.18. The molecule has 0 aliphatic carbocycles. The predicted molar refractivity (Wildman–Crippen MR) is 121 cm³/mol. The second-order valence-corrected chi connectivity index (χ2v) is 8.81. The SMILES string of the molecule is CCS(=O)(=O)N(C)CCCNC(=NC)NC(C)c1ccc(Cl)cc1Cl.I. The first-order valence-corrected chi connectivity index (χ1v) is 10.4. The van der Waals surface area contributed by atoms with Gasteiger partial charge in [-0.25, -0.2) is 12.7 Å². The number of hydrogen-bond acceptors (Lipinski definition) is 3. The quantitative estimate of drug-likeness (QED) is 0.231. The van der Waals surface area contributed by atoms with Crippen LogP contribution in [-0.4, -0.2) is 51.6 Å². The molecule has 0 fully saturated rings. The lowest BCUT2D eigenvalue weighted by Gasteiger charge is -2.20. The summed E-state index contributed by atoms with van der Waals surface area (Å²) in [7, 11) is 0.140. The fraction of sp³-hybridized carbons (Fsp3) is 0.562. The molecule has 1 unspecified atom stereocenters. The average molecular weight is 537 g/mol. The summed E-state index contributed by atoms with van der Waals surface area (Å²) in [6.45, 7) is 4.67. The van der Waals surface area contributed by atoms with Crippen molar-refractivity contribution < 1.29 is 8.42 Å². The molecule has 1 aromatic carbocycles. The molecule has 10 heteroatoms. The van der Waals surface area contributed by atoms with E-state index in [-0.39, 0.29) is 35.8 Å². The van der Waals surface area contributed by atoms with Gasteiger partial charge in [0, 0.05) is 37.2 Å². The molecule has 0 spiro atoms. The fourth-order valence-electron chi connectivity index (χ4n) is 2.20. The maximum atomic E-state index is 11.7. The smallest absolute Gasteiger partial charge is 0.213 e. The molecule has 0 aliphatic rings. The first-order valence-electron chi connectivity index (χ1n) is 8.07. The van der Waals surface area contributed by atoms with Crippen molar-refractivity contribution in [1.29, 1.82) is 0 Å². The van der Waals surface area contributed by atoms with Crippen molar-refractivity contribution in [2.75, 3.05) is 32.9 Å². The Morgan fingerprint density at radius 3 is 2.54 bits per heavy atom. The van der Waals surface area contributed by atoms with Crippen molar-refractivity contribution in [3.05, 3.63) is 33.8 Å². The molecule has 0 heterocycles. The van der Waals surface area contributed by atoms with Crippen molar-refractivity contribution in [2.24, 2.45) is 4.99 Å². The van der Waals surface area contributed by atoms with E-state index in [2.05, 4.69) is 15.6 Å². The average Bonchev–Trinajstić information content (AvgIpc) is 2.56. The van der Waals surface area contributed by atoms with Gasteiger partial charge in [-0.1, -0.05) is 29.3 Å². The molecule has 1 atom stereocenters. The predicted octanol–water partition coefficient (Wildman–Crippen LogP) is 3.51. The molecule has 2 N–H and O–H groups in total. The summed E-state index contributed by atoms with van der Waals surface area (Å²) in [5.41, 5.74) is 0.919. The zero-order valence-electron chi connectivity index (χ0n) is 15.4. The normalized spacial score (nSPS) is 13.3. The minimum Gasteiger partial charge on any atom is -0.356 e. The molecule has 0 amide bonds. The summed E-state index contributed by atoms with van der Waals surface area (Å²) in [5.74, 6) is 0.735. The van der Waals surface area contributed by atoms with Crippen molar-refractivity contribution in [3.8, 4) is 0 Å². The largest absolute Gasteiger partial charge is 0.356 e. The Labute approximate surface area is 183 Å². The number of benzene rings is 1. The van der Waals surface area contributed by atoms with Crippen molar-refractivity contribution in [1.82, 2.24) is 14.9 Å². The summed E-state index contributed by atoms with van der Waals surface area (Å²) in [5, 5.41) is 7.61. The second-order valence-electron chi connectivity index (χ2n) is 5.61. The second kappa shape index (κ2) is 12.2. The molecule has 0 bridgehead atoms. The van der Waals surface area contributed by atoms with E-state index in [4.69, 9.17) is 23.2 Å². The first kappa shape index (κ1) is 25.7. The molecule has 0 radical (unpaired) electrons. The van der Waals surface area contributed by atoms with Crippen LogP contribution >= 0.6 is 47.2 Å². The van der Waals surface area contributed by atoms with Gasteiger partial charge in [-0.2, -0.15) is 0 Å². The lowest BCUT2D eigenvalue weighted by Crippen LogP contribution is -2.40. The van der Waals surface area contributed by atoms with Crippen LogP contribution < -0.4 is 10.6 Å². The highest BCUT2D eigenvalue weighted by Gasteiger charge is 2.14. The van der Waals surface area contributed by atoms with E-state index in [0.29, 0.717) is 35.5 Å². The van der Waals surface area contributed by atoms with Crippen LogP contribution in [0, 0.1) is 0 Å². The highest BCUT2D eigenvalue weighted by atomic mass is 127. The van der Waals surface area contributed by atoms with Gasteiger partial charge in [-0.3, -0.25) is 4.99 Å². The van der Waals surface area contributed by atoms with Gasteiger partial charge >= 0.3 is 0 Å². The van der Waals surface area contributed by atoms with Crippen LogP contribution in [0.2, 0.25) is 10.0 Å². The Hall–Kier alpha value is -0.290. The van der Waals surface area contributed by atoms with E-state index in [1.807, 2.05) is 13.0 Å². The van der Waals surface area contributed by atoms with Gasteiger partial charge in [-0.05, 0) is 38.0 Å². The monoisotopic (exact) mass is 536 g/mol. The minimum atomic E-state index is -3.13. The first-order chi connectivity index (χ1) is 11.7. The molecule has 0 saturated heterocycles. The van der Waals surface area contributed by atoms with Crippen molar-refractivity contribution >= 4 is 63.2 Å². The van der Waals surface area contributed by atoms with Gasteiger partial charge in [0.2, 0.25) is 10.0 Å². The summed E-state index contributed by atoms with van der Waals surface area (Å²) < 4.78 is 24.8. The molecular formula is C16H27Cl2IN4O2S. The number of hydrogen-bond donors (Lipinski definition) is 2.